The number of methoxy groups -OCH3 is 1. The molecule has 1 saturated heterocycles. The summed E-state index contributed by atoms with van der Waals surface area (Å²) in [7, 11) is 1.71. The zero-order valence-corrected chi connectivity index (χ0v) is 34.5. The highest BCUT2D eigenvalue weighted by molar-refractivity contribution is 5.80. The normalized spacial score (nSPS) is 54.0. The third-order valence-corrected chi connectivity index (χ3v) is 19.4. The molecule has 316 valence electrons. The van der Waals surface area contributed by atoms with E-state index in [9.17, 15) is 39.9 Å². The molecule has 18 atom stereocenters. The van der Waals surface area contributed by atoms with E-state index in [-0.39, 0.29) is 51.2 Å². The van der Waals surface area contributed by atoms with Gasteiger partial charge in [-0.3, -0.25) is 4.79 Å². The van der Waals surface area contributed by atoms with Crippen molar-refractivity contribution in [3.63, 3.8) is 0 Å². The minimum Gasteiger partial charge on any atom is -0.481 e. The van der Waals surface area contributed by atoms with Crippen molar-refractivity contribution in [3.8, 4) is 0 Å². The summed E-state index contributed by atoms with van der Waals surface area (Å²) >= 11 is 0. The van der Waals surface area contributed by atoms with Gasteiger partial charge in [0.25, 0.3) is 0 Å². The average Bonchev–Trinajstić information content (AvgIpc) is 3.14. The second kappa shape index (κ2) is 13.2. The molecular formula is C46H66O11. The Balaban J connectivity index is 1.18. The number of hydrogen-bond acceptors (Lipinski definition) is 9. The van der Waals surface area contributed by atoms with Crippen molar-refractivity contribution in [1.82, 2.24) is 0 Å². The number of ether oxygens (including phenoxy) is 3. The van der Waals surface area contributed by atoms with Gasteiger partial charge in [0.2, 0.25) is 0 Å². The zero-order chi connectivity index (χ0) is 40.7. The molecule has 1 heterocycles. The molecule has 9 rings (SSSR count). The maximum absolute atomic E-state index is 14.3. The average molecular weight is 795 g/mol. The number of allylic oxidation sites excluding steroid dienone is 4. The second-order valence-corrected chi connectivity index (χ2v) is 21.7. The molecule has 0 aromatic heterocycles. The number of fused-ring (bicyclic) bond motifs is 1. The molecule has 5 N–H and O–H groups in total. The quantitative estimate of drug-likeness (QED) is 0.106. The lowest BCUT2D eigenvalue weighted by molar-refractivity contribution is -0.336. The summed E-state index contributed by atoms with van der Waals surface area (Å²) in [6, 6.07) is 0. The van der Waals surface area contributed by atoms with Crippen LogP contribution in [0.2, 0.25) is 0 Å². The molecule has 6 saturated carbocycles. The fraction of sp³-hybridized carbons (Fsp3) is 0.848. The lowest BCUT2D eigenvalue weighted by Gasteiger charge is -2.80. The molecular weight excluding hydrogens is 728 g/mol. The van der Waals surface area contributed by atoms with Crippen LogP contribution in [0, 0.1) is 73.4 Å². The van der Waals surface area contributed by atoms with Gasteiger partial charge in [0.1, 0.15) is 24.6 Å². The Morgan fingerprint density at radius 3 is 2.44 bits per heavy atom. The maximum atomic E-state index is 14.3. The van der Waals surface area contributed by atoms with Gasteiger partial charge >= 0.3 is 11.9 Å². The Bertz CT molecular complexity index is 1740. The molecule has 1 aliphatic heterocycles. The minimum atomic E-state index is -1.78. The Hall–Kier alpha value is -2.15. The first kappa shape index (κ1) is 40.3. The van der Waals surface area contributed by atoms with Gasteiger partial charge in [0, 0.05) is 30.3 Å². The highest BCUT2D eigenvalue weighted by atomic mass is 16.7. The molecule has 0 unspecified atom stereocenters. The van der Waals surface area contributed by atoms with Crippen molar-refractivity contribution in [3.05, 3.63) is 23.8 Å². The minimum absolute atomic E-state index is 0.0486. The van der Waals surface area contributed by atoms with Crippen LogP contribution in [-0.2, 0) is 28.6 Å². The van der Waals surface area contributed by atoms with Gasteiger partial charge in [0.05, 0.1) is 18.1 Å². The van der Waals surface area contributed by atoms with Crippen LogP contribution in [0.3, 0.4) is 0 Å². The van der Waals surface area contributed by atoms with Gasteiger partial charge in [0.15, 0.2) is 12.4 Å². The van der Waals surface area contributed by atoms with E-state index in [0.717, 1.165) is 76.9 Å². The molecule has 7 fully saturated rings. The lowest BCUT2D eigenvalue weighted by atomic mass is 9.23. The Morgan fingerprint density at radius 2 is 1.74 bits per heavy atom. The molecule has 0 aromatic rings. The molecule has 11 nitrogen and oxygen atoms in total. The number of carbonyl (C=O) groups excluding carboxylic acids is 1. The topological polar surface area (TPSA) is 180 Å². The number of aldehydes is 1. The van der Waals surface area contributed by atoms with E-state index in [1.165, 1.54) is 5.57 Å². The Kier molecular flexibility index (Phi) is 9.31. The second-order valence-electron chi connectivity index (χ2n) is 21.7. The summed E-state index contributed by atoms with van der Waals surface area (Å²) in [5.41, 5.74) is -1.25. The van der Waals surface area contributed by atoms with Gasteiger partial charge in [-0.1, -0.05) is 57.9 Å². The standard InChI is InChI=1S/C46H66O11/c1-40(2)29-12-17-43-14-6-9-27-22-46(39(53)54)28(23-55-5)21-41(3)13-7-15-44(46,24-41)30(45(27,43)16-8-18-47)19-25-10-11-26(42(29,4)36(25)43)20-31(40)56-38-34(50)32(48)33(49)35(57-38)37(51)52/h7,15,18-19,25-29,31-36,38,48-50H,6,8-14,16-17,20-24H2,1-5H3,(H,51,52)(H,53,54)/t25-,26-,27+,28+,29+,31+,32+,33+,34-,35+,36-,38-,41+,42+,43-,44+,45-,46+/m1/s1. The summed E-state index contributed by atoms with van der Waals surface area (Å²) in [6.07, 6.45) is 11.8. The van der Waals surface area contributed by atoms with E-state index in [4.69, 9.17) is 14.2 Å². The maximum Gasteiger partial charge on any atom is 0.335 e. The van der Waals surface area contributed by atoms with Crippen LogP contribution in [0.15, 0.2) is 23.8 Å². The highest BCUT2D eigenvalue weighted by Crippen LogP contribution is 2.86. The molecule has 0 radical (unpaired) electrons. The summed E-state index contributed by atoms with van der Waals surface area (Å²) in [4.78, 5) is 38.9. The number of aliphatic carboxylic acids is 2. The van der Waals surface area contributed by atoms with E-state index >= 15 is 0 Å². The van der Waals surface area contributed by atoms with E-state index in [0.29, 0.717) is 31.8 Å². The van der Waals surface area contributed by atoms with Crippen molar-refractivity contribution >= 4 is 18.2 Å². The number of hydrogen-bond donors (Lipinski definition) is 5. The van der Waals surface area contributed by atoms with Gasteiger partial charge in [-0.2, -0.15) is 0 Å². The van der Waals surface area contributed by atoms with Gasteiger partial charge in [-0.25, -0.2) is 4.79 Å². The van der Waals surface area contributed by atoms with Crippen LogP contribution in [0.5, 0.6) is 0 Å². The molecule has 8 aliphatic carbocycles. The fourth-order valence-corrected chi connectivity index (χ4v) is 17.9. The summed E-state index contributed by atoms with van der Waals surface area (Å²) in [5, 5.41) is 53.5. The van der Waals surface area contributed by atoms with Crippen molar-refractivity contribution in [1.29, 1.82) is 0 Å². The molecule has 57 heavy (non-hydrogen) atoms. The number of aliphatic hydroxyl groups excluding tert-OH is 3. The lowest BCUT2D eigenvalue weighted by Crippen LogP contribution is -2.76. The third kappa shape index (κ3) is 4.90. The van der Waals surface area contributed by atoms with Crippen molar-refractivity contribution < 1.29 is 54.1 Å². The highest BCUT2D eigenvalue weighted by Gasteiger charge is 2.81. The Morgan fingerprint density at radius 1 is 0.965 bits per heavy atom. The summed E-state index contributed by atoms with van der Waals surface area (Å²) in [5.74, 6) is -1.01. The molecule has 9 aliphatic rings. The molecule has 2 spiro atoms. The van der Waals surface area contributed by atoms with E-state index in [1.807, 2.05) is 0 Å². The predicted molar refractivity (Wildman–Crippen MR) is 207 cm³/mol. The van der Waals surface area contributed by atoms with Gasteiger partial charge < -0.3 is 44.5 Å². The molecule has 0 aromatic carbocycles. The van der Waals surface area contributed by atoms with Crippen LogP contribution in [0.1, 0.15) is 118 Å². The smallest absolute Gasteiger partial charge is 0.335 e. The van der Waals surface area contributed by atoms with Gasteiger partial charge in [-0.15, -0.1) is 0 Å². The molecule has 0 amide bonds. The fourth-order valence-electron chi connectivity index (χ4n) is 17.9. The van der Waals surface area contributed by atoms with Crippen LogP contribution >= 0.6 is 0 Å². The largest absolute Gasteiger partial charge is 0.481 e. The predicted octanol–water partition coefficient (Wildman–Crippen LogP) is 5.93. The molecule has 2 bridgehead atoms. The summed E-state index contributed by atoms with van der Waals surface area (Å²) in [6.45, 7) is 9.80. The van der Waals surface area contributed by atoms with Crippen molar-refractivity contribution in [2.75, 3.05) is 13.7 Å². The van der Waals surface area contributed by atoms with E-state index in [1.54, 1.807) is 7.11 Å². The molecule has 11 heteroatoms. The number of carbonyl (C=O) groups is 3. The zero-order valence-electron chi connectivity index (χ0n) is 34.5. The van der Waals surface area contributed by atoms with E-state index < -0.39 is 65.0 Å². The Labute approximate surface area is 337 Å². The van der Waals surface area contributed by atoms with Crippen molar-refractivity contribution in [2.45, 2.75) is 154 Å². The van der Waals surface area contributed by atoms with Crippen LogP contribution in [0.4, 0.5) is 0 Å². The van der Waals surface area contributed by atoms with Crippen molar-refractivity contribution in [2.24, 2.45) is 73.4 Å². The first-order valence-corrected chi connectivity index (χ1v) is 22.1. The summed E-state index contributed by atoms with van der Waals surface area (Å²) < 4.78 is 18.2. The van der Waals surface area contributed by atoms with Gasteiger partial charge in [-0.05, 0) is 128 Å². The first-order chi connectivity index (χ1) is 26.9. The number of rotatable bonds is 9. The number of carboxylic acids is 2. The third-order valence-electron chi connectivity index (χ3n) is 19.4. The van der Waals surface area contributed by atoms with Crippen LogP contribution in [-0.4, -0.2) is 94.3 Å². The monoisotopic (exact) mass is 794 g/mol. The van der Waals surface area contributed by atoms with Crippen LogP contribution < -0.4 is 0 Å². The van der Waals surface area contributed by atoms with E-state index in [2.05, 4.69) is 45.9 Å². The number of carboxylic acid groups (broad SMARTS) is 2. The number of aliphatic hydroxyl groups is 3. The SMILES string of the molecule is COC[C@@H]1C[C@]2(C)CC=C[C@]3(C2)C2=C[C@H]4CC[C@@H]5C[C@H](O[C@@H]6O[C@H](C(=O)O)[C@@H](O)[C@H](O)[C@H]6O)C(C)(C)[C@@H]6CC[C@]7(CCC[C@@H](C[C@@]13C(=O)O)[C@]27CCC=O)[C@H]4[C@@]56C. The first-order valence-electron chi connectivity index (χ1n) is 22.1. The van der Waals surface area contributed by atoms with Crippen LogP contribution in [0.25, 0.3) is 0 Å².